The van der Waals surface area contributed by atoms with Gasteiger partial charge in [-0.2, -0.15) is 0 Å². The first-order valence-corrected chi connectivity index (χ1v) is 2.99. The Bertz CT molecular complexity index is 176. The lowest BCUT2D eigenvalue weighted by atomic mass is 10.7. The van der Waals surface area contributed by atoms with Gasteiger partial charge in [-0.15, -0.1) is 0 Å². The molecule has 0 aliphatic heterocycles. The van der Waals surface area contributed by atoms with E-state index in [1.165, 1.54) is 6.20 Å². The van der Waals surface area contributed by atoms with Crippen LogP contribution in [-0.2, 0) is 0 Å². The zero-order chi connectivity index (χ0) is 7.98. The Hall–Kier alpha value is -0.900. The fourth-order valence-electron chi connectivity index (χ4n) is 0.303. The molecule has 0 fully saturated rings. The zero-order valence-corrected chi connectivity index (χ0v) is 6.21. The smallest absolute Gasteiger partial charge is 0.256 e. The topological polar surface area (TPSA) is 55.5 Å². The molecule has 10 heavy (non-hydrogen) atoms. The average Bonchev–Trinajstić information content (AvgIpc) is 1.82. The molecule has 0 unspecified atom stereocenters. The first-order chi connectivity index (χ1) is 4.66. The van der Waals surface area contributed by atoms with E-state index in [9.17, 15) is 10.1 Å². The molecule has 0 saturated heterocycles. The van der Waals surface area contributed by atoms with Crippen LogP contribution in [0.25, 0.3) is 0 Å². The number of nitro groups is 1. The molecule has 0 aromatic rings. The van der Waals surface area contributed by atoms with Crippen LogP contribution in [0.3, 0.4) is 0 Å². The van der Waals surface area contributed by atoms with Gasteiger partial charge >= 0.3 is 0 Å². The minimum Gasteiger partial charge on any atom is -0.264 e. The predicted molar refractivity (Wildman–Crippen MR) is 40.0 cm³/mol. The van der Waals surface area contributed by atoms with E-state index >= 15 is 0 Å². The van der Waals surface area contributed by atoms with Gasteiger partial charge in [-0.3, -0.25) is 10.1 Å². The number of aliphatic imine (C=N–C) groups is 1. The van der Waals surface area contributed by atoms with Crippen LogP contribution < -0.4 is 0 Å². The molecule has 0 amide bonds. The highest BCUT2D eigenvalue weighted by Crippen LogP contribution is 1.87. The molecule has 5 heteroatoms. The summed E-state index contributed by atoms with van der Waals surface area (Å²) in [5.74, 6) is 0. The van der Waals surface area contributed by atoms with Gasteiger partial charge in [0.1, 0.15) is 0 Å². The van der Waals surface area contributed by atoms with Crippen LogP contribution in [0.15, 0.2) is 17.3 Å². The Balaban J connectivity index is 3.82. The third-order valence-corrected chi connectivity index (χ3v) is 0.840. The van der Waals surface area contributed by atoms with Crippen LogP contribution in [0.5, 0.6) is 0 Å². The maximum absolute atomic E-state index is 9.79. The monoisotopic (exact) mass is 162 g/mol. The highest BCUT2D eigenvalue weighted by atomic mass is 35.5. The molecule has 0 aliphatic rings. The summed E-state index contributed by atoms with van der Waals surface area (Å²) in [5.41, 5.74) is 0. The van der Waals surface area contributed by atoms with Crippen molar-refractivity contribution in [3.8, 4) is 0 Å². The van der Waals surface area contributed by atoms with Gasteiger partial charge in [0.25, 0.3) is 6.54 Å². The molecule has 0 heterocycles. The summed E-state index contributed by atoms with van der Waals surface area (Å²) in [5, 5.41) is 9.78. The van der Waals surface area contributed by atoms with E-state index in [2.05, 4.69) is 4.99 Å². The first kappa shape index (κ1) is 9.10. The van der Waals surface area contributed by atoms with Crippen LogP contribution in [-0.4, -0.2) is 16.6 Å². The summed E-state index contributed by atoms with van der Waals surface area (Å²) in [4.78, 5) is 12.8. The summed E-state index contributed by atoms with van der Waals surface area (Å²) in [6.45, 7) is 1.34. The summed E-state index contributed by atoms with van der Waals surface area (Å²) in [6.07, 6.45) is 3.05. The van der Waals surface area contributed by atoms with Gasteiger partial charge in [-0.05, 0) is 6.92 Å². The lowest BCUT2D eigenvalue weighted by Crippen LogP contribution is -2.07. The van der Waals surface area contributed by atoms with Crippen LogP contribution >= 0.6 is 11.6 Å². The van der Waals surface area contributed by atoms with Gasteiger partial charge in [-0.1, -0.05) is 17.7 Å². The second-order valence-electron chi connectivity index (χ2n) is 1.48. The molecule has 0 atom stereocenters. The lowest BCUT2D eigenvalue weighted by molar-refractivity contribution is -0.462. The number of halogens is 1. The summed E-state index contributed by atoms with van der Waals surface area (Å²) < 4.78 is 0. The van der Waals surface area contributed by atoms with E-state index in [1.807, 2.05) is 0 Å². The Morgan fingerprint density at radius 2 is 2.50 bits per heavy atom. The molecular weight excluding hydrogens is 156 g/mol. The van der Waals surface area contributed by atoms with Crippen molar-refractivity contribution in [1.29, 1.82) is 0 Å². The second kappa shape index (κ2) is 4.93. The van der Waals surface area contributed by atoms with Crippen molar-refractivity contribution in [2.45, 2.75) is 6.92 Å². The molecule has 0 rings (SSSR count). The maximum Gasteiger partial charge on any atom is 0.256 e. The van der Waals surface area contributed by atoms with Crippen molar-refractivity contribution in [2.75, 3.05) is 6.54 Å². The quantitative estimate of drug-likeness (QED) is 0.358. The fourth-order valence-corrected chi connectivity index (χ4v) is 0.457. The summed E-state index contributed by atoms with van der Waals surface area (Å²) >= 11 is 5.31. The Labute approximate surface area is 63.4 Å². The van der Waals surface area contributed by atoms with E-state index in [0.29, 0.717) is 0 Å². The van der Waals surface area contributed by atoms with E-state index in [1.54, 1.807) is 13.0 Å². The molecular formula is C5H7ClN2O2. The van der Waals surface area contributed by atoms with Crippen LogP contribution in [0.2, 0.25) is 0 Å². The normalized spacial score (nSPS) is 12.4. The molecule has 4 nitrogen and oxygen atoms in total. The van der Waals surface area contributed by atoms with Gasteiger partial charge < -0.3 is 0 Å². The number of hydrogen-bond donors (Lipinski definition) is 0. The highest BCUT2D eigenvalue weighted by Gasteiger charge is 2.00. The van der Waals surface area contributed by atoms with Gasteiger partial charge in [-0.25, -0.2) is 4.99 Å². The molecule has 0 N–H and O–H groups in total. The van der Waals surface area contributed by atoms with Crippen molar-refractivity contribution >= 4 is 16.8 Å². The Kier molecular flexibility index (Phi) is 4.49. The number of rotatable bonds is 3. The molecule has 56 valence electrons. The largest absolute Gasteiger partial charge is 0.264 e. The number of allylic oxidation sites excluding steroid dienone is 1. The van der Waals surface area contributed by atoms with Gasteiger partial charge in [0.05, 0.1) is 0 Å². The zero-order valence-electron chi connectivity index (χ0n) is 5.45. The third-order valence-electron chi connectivity index (χ3n) is 0.623. The first-order valence-electron chi connectivity index (χ1n) is 2.62. The van der Waals surface area contributed by atoms with Gasteiger partial charge in [0.2, 0.25) is 0 Å². The van der Waals surface area contributed by atoms with Crippen LogP contribution in [0.1, 0.15) is 6.92 Å². The maximum atomic E-state index is 9.79. The molecule has 0 aromatic heterocycles. The minimum atomic E-state index is -0.532. The van der Waals surface area contributed by atoms with E-state index in [4.69, 9.17) is 11.6 Å². The van der Waals surface area contributed by atoms with Gasteiger partial charge in [0.15, 0.2) is 5.17 Å². The standard InChI is InChI=1S/C5H7ClN2O2/c1-2-3-7-5(6)4-8(9)10/h2-3H,4H2,1H3/b3-2-,7-5?. The molecule has 0 aromatic carbocycles. The summed E-state index contributed by atoms with van der Waals surface area (Å²) in [6, 6.07) is 0. The SMILES string of the molecule is C/C=C\N=C(Cl)C[N+](=O)[O-]. The van der Waals surface area contributed by atoms with E-state index in [-0.39, 0.29) is 5.17 Å². The molecule has 0 radical (unpaired) electrons. The third kappa shape index (κ3) is 5.24. The lowest BCUT2D eigenvalue weighted by Gasteiger charge is -1.86. The number of hydrogen-bond acceptors (Lipinski definition) is 3. The fraction of sp³-hybridized carbons (Fsp3) is 0.400. The van der Waals surface area contributed by atoms with Crippen LogP contribution in [0, 0.1) is 10.1 Å². The van der Waals surface area contributed by atoms with Gasteiger partial charge in [0, 0.05) is 11.1 Å². The highest BCUT2D eigenvalue weighted by molar-refractivity contribution is 6.65. The molecule has 0 spiro atoms. The van der Waals surface area contributed by atoms with E-state index < -0.39 is 11.5 Å². The summed E-state index contributed by atoms with van der Waals surface area (Å²) in [7, 11) is 0. The van der Waals surface area contributed by atoms with E-state index in [0.717, 1.165) is 0 Å². The Morgan fingerprint density at radius 1 is 1.90 bits per heavy atom. The predicted octanol–water partition coefficient (Wildman–Crippen LogP) is 1.43. The average molecular weight is 163 g/mol. The second-order valence-corrected chi connectivity index (χ2v) is 1.91. The molecule has 0 saturated carbocycles. The molecule has 0 bridgehead atoms. The molecule has 0 aliphatic carbocycles. The van der Waals surface area contributed by atoms with Crippen molar-refractivity contribution in [3.63, 3.8) is 0 Å². The van der Waals surface area contributed by atoms with Crippen LogP contribution in [0.4, 0.5) is 0 Å². The van der Waals surface area contributed by atoms with Crippen molar-refractivity contribution in [2.24, 2.45) is 4.99 Å². The van der Waals surface area contributed by atoms with Crippen molar-refractivity contribution < 1.29 is 4.92 Å². The van der Waals surface area contributed by atoms with Crippen molar-refractivity contribution in [1.82, 2.24) is 0 Å². The van der Waals surface area contributed by atoms with Crippen molar-refractivity contribution in [3.05, 3.63) is 22.4 Å². The minimum absolute atomic E-state index is 0.0110. The Morgan fingerprint density at radius 3 is 2.90 bits per heavy atom. The number of nitrogens with zero attached hydrogens (tertiary/aromatic N) is 2.